The second kappa shape index (κ2) is 3.43. The number of aryl methyl sites for hydroxylation is 2. The van der Waals surface area contributed by atoms with E-state index in [4.69, 9.17) is 0 Å². The van der Waals surface area contributed by atoms with Crippen molar-refractivity contribution in [3.05, 3.63) is 29.3 Å². The summed E-state index contributed by atoms with van der Waals surface area (Å²) in [5.41, 5.74) is 2.52. The lowest BCUT2D eigenvalue weighted by Gasteiger charge is -2.29. The SMILES string of the molecule is Cc1cccc2c1NC(C(F)(F)F)CC2. The van der Waals surface area contributed by atoms with Gasteiger partial charge in [0.05, 0.1) is 0 Å². The van der Waals surface area contributed by atoms with Gasteiger partial charge in [0.15, 0.2) is 0 Å². The lowest BCUT2D eigenvalue weighted by Crippen LogP contribution is -2.39. The zero-order valence-corrected chi connectivity index (χ0v) is 8.36. The Hall–Kier alpha value is -1.19. The van der Waals surface area contributed by atoms with Crippen LogP contribution in [0.5, 0.6) is 0 Å². The first-order chi connectivity index (χ1) is 6.98. The Labute approximate surface area is 86.3 Å². The smallest absolute Gasteiger partial charge is 0.374 e. The standard InChI is InChI=1S/C11H12F3N/c1-7-3-2-4-8-5-6-9(11(12,13)14)15-10(7)8/h2-4,9,15H,5-6H2,1H3. The van der Waals surface area contributed by atoms with Gasteiger partial charge in [-0.05, 0) is 30.9 Å². The Morgan fingerprint density at radius 1 is 1.33 bits per heavy atom. The Morgan fingerprint density at radius 2 is 2.07 bits per heavy atom. The minimum atomic E-state index is -4.15. The summed E-state index contributed by atoms with van der Waals surface area (Å²) in [5, 5.41) is 2.58. The highest BCUT2D eigenvalue weighted by atomic mass is 19.4. The highest BCUT2D eigenvalue weighted by Gasteiger charge is 2.41. The van der Waals surface area contributed by atoms with Crippen LogP contribution in [0.3, 0.4) is 0 Å². The Balaban J connectivity index is 2.30. The Morgan fingerprint density at radius 3 is 2.73 bits per heavy atom. The van der Waals surface area contributed by atoms with Gasteiger partial charge >= 0.3 is 6.18 Å². The quantitative estimate of drug-likeness (QED) is 0.700. The molecule has 15 heavy (non-hydrogen) atoms. The molecule has 1 aliphatic rings. The zero-order valence-electron chi connectivity index (χ0n) is 8.36. The molecular weight excluding hydrogens is 203 g/mol. The first-order valence-electron chi connectivity index (χ1n) is 4.90. The number of alkyl halides is 3. The second-order valence-corrected chi connectivity index (χ2v) is 3.89. The van der Waals surface area contributed by atoms with Crippen molar-refractivity contribution in [2.75, 3.05) is 5.32 Å². The molecular formula is C11H12F3N. The molecule has 1 unspecified atom stereocenters. The van der Waals surface area contributed by atoms with Crippen LogP contribution >= 0.6 is 0 Å². The summed E-state index contributed by atoms with van der Waals surface area (Å²) >= 11 is 0. The van der Waals surface area contributed by atoms with Gasteiger partial charge in [0.2, 0.25) is 0 Å². The summed E-state index contributed by atoms with van der Waals surface area (Å²) < 4.78 is 37.5. The van der Waals surface area contributed by atoms with Crippen molar-refractivity contribution in [2.24, 2.45) is 0 Å². The third-order valence-corrected chi connectivity index (χ3v) is 2.78. The molecule has 1 aromatic rings. The van der Waals surface area contributed by atoms with Crippen molar-refractivity contribution in [1.82, 2.24) is 0 Å². The molecule has 1 aliphatic heterocycles. The summed E-state index contributed by atoms with van der Waals surface area (Å²) in [6, 6.07) is 4.18. The van der Waals surface area contributed by atoms with E-state index < -0.39 is 12.2 Å². The predicted molar refractivity (Wildman–Crippen MR) is 53.0 cm³/mol. The number of rotatable bonds is 0. The van der Waals surface area contributed by atoms with Crippen LogP contribution in [0, 0.1) is 6.92 Å². The highest BCUT2D eigenvalue weighted by Crippen LogP contribution is 2.34. The lowest BCUT2D eigenvalue weighted by atomic mass is 9.95. The maximum absolute atomic E-state index is 12.5. The van der Waals surface area contributed by atoms with Crippen LogP contribution in [0.1, 0.15) is 17.5 Å². The van der Waals surface area contributed by atoms with E-state index in [-0.39, 0.29) is 6.42 Å². The van der Waals surface area contributed by atoms with Crippen molar-refractivity contribution in [3.8, 4) is 0 Å². The molecule has 0 aliphatic carbocycles. The van der Waals surface area contributed by atoms with E-state index in [1.54, 1.807) is 0 Å². The average molecular weight is 215 g/mol. The van der Waals surface area contributed by atoms with Gasteiger partial charge < -0.3 is 5.32 Å². The number of halogens is 3. The average Bonchev–Trinajstić information content (AvgIpc) is 2.16. The molecule has 0 radical (unpaired) electrons. The van der Waals surface area contributed by atoms with E-state index in [1.165, 1.54) is 0 Å². The van der Waals surface area contributed by atoms with Crippen LogP contribution in [0.25, 0.3) is 0 Å². The van der Waals surface area contributed by atoms with E-state index >= 15 is 0 Å². The van der Waals surface area contributed by atoms with Gasteiger partial charge in [0, 0.05) is 5.69 Å². The molecule has 0 fully saturated rings. The Kier molecular flexibility index (Phi) is 2.37. The summed E-state index contributed by atoms with van der Waals surface area (Å²) in [6.45, 7) is 1.82. The number of hydrogen-bond donors (Lipinski definition) is 1. The largest absolute Gasteiger partial charge is 0.408 e. The van der Waals surface area contributed by atoms with Crippen molar-refractivity contribution >= 4 is 5.69 Å². The van der Waals surface area contributed by atoms with Gasteiger partial charge in [-0.1, -0.05) is 18.2 Å². The molecule has 4 heteroatoms. The monoisotopic (exact) mass is 215 g/mol. The molecule has 1 aromatic carbocycles. The fraction of sp³-hybridized carbons (Fsp3) is 0.455. The molecule has 0 saturated carbocycles. The number of fused-ring (bicyclic) bond motifs is 1. The number of anilines is 1. The van der Waals surface area contributed by atoms with Crippen molar-refractivity contribution in [2.45, 2.75) is 32.0 Å². The van der Waals surface area contributed by atoms with Crippen LogP contribution in [0.2, 0.25) is 0 Å². The fourth-order valence-corrected chi connectivity index (χ4v) is 1.94. The predicted octanol–water partition coefficient (Wildman–Crippen LogP) is 3.28. The zero-order chi connectivity index (χ0) is 11.1. The summed E-state index contributed by atoms with van der Waals surface area (Å²) in [5.74, 6) is 0. The van der Waals surface area contributed by atoms with Crippen molar-refractivity contribution in [3.63, 3.8) is 0 Å². The molecule has 2 rings (SSSR count). The molecule has 1 N–H and O–H groups in total. The van der Waals surface area contributed by atoms with Crippen LogP contribution in [-0.2, 0) is 6.42 Å². The van der Waals surface area contributed by atoms with Crippen LogP contribution in [0.4, 0.5) is 18.9 Å². The third kappa shape index (κ3) is 1.94. The molecule has 82 valence electrons. The minimum Gasteiger partial charge on any atom is -0.374 e. The first-order valence-corrected chi connectivity index (χ1v) is 4.90. The maximum Gasteiger partial charge on any atom is 0.408 e. The van der Waals surface area contributed by atoms with Gasteiger partial charge in [-0.3, -0.25) is 0 Å². The molecule has 1 atom stereocenters. The van der Waals surface area contributed by atoms with E-state index in [0.29, 0.717) is 12.1 Å². The second-order valence-electron chi connectivity index (χ2n) is 3.89. The number of benzene rings is 1. The topological polar surface area (TPSA) is 12.0 Å². The van der Waals surface area contributed by atoms with E-state index in [1.807, 2.05) is 25.1 Å². The van der Waals surface area contributed by atoms with Gasteiger partial charge in [0.25, 0.3) is 0 Å². The Bertz CT molecular complexity index is 371. The normalized spacial score (nSPS) is 20.7. The minimum absolute atomic E-state index is 0.125. The van der Waals surface area contributed by atoms with Gasteiger partial charge in [-0.25, -0.2) is 0 Å². The van der Waals surface area contributed by atoms with E-state index in [2.05, 4.69) is 5.32 Å². The van der Waals surface area contributed by atoms with Crippen molar-refractivity contribution in [1.29, 1.82) is 0 Å². The summed E-state index contributed by atoms with van der Waals surface area (Å²) in [7, 11) is 0. The molecule has 0 spiro atoms. The molecule has 0 bridgehead atoms. The van der Waals surface area contributed by atoms with E-state index in [0.717, 1.165) is 11.1 Å². The fourth-order valence-electron chi connectivity index (χ4n) is 1.94. The maximum atomic E-state index is 12.5. The van der Waals surface area contributed by atoms with Gasteiger partial charge in [-0.2, -0.15) is 13.2 Å². The number of hydrogen-bond acceptors (Lipinski definition) is 1. The number of para-hydroxylation sites is 1. The molecule has 1 nitrogen and oxygen atoms in total. The van der Waals surface area contributed by atoms with E-state index in [9.17, 15) is 13.2 Å². The lowest BCUT2D eigenvalue weighted by molar-refractivity contribution is -0.144. The summed E-state index contributed by atoms with van der Waals surface area (Å²) in [4.78, 5) is 0. The first kappa shape index (κ1) is 10.3. The highest BCUT2D eigenvalue weighted by molar-refractivity contribution is 5.59. The van der Waals surface area contributed by atoms with Crippen LogP contribution < -0.4 is 5.32 Å². The molecule has 1 heterocycles. The molecule has 0 saturated heterocycles. The molecule has 0 amide bonds. The van der Waals surface area contributed by atoms with Gasteiger partial charge in [-0.15, -0.1) is 0 Å². The third-order valence-electron chi connectivity index (χ3n) is 2.78. The van der Waals surface area contributed by atoms with Crippen LogP contribution in [-0.4, -0.2) is 12.2 Å². The molecule has 0 aromatic heterocycles. The van der Waals surface area contributed by atoms with Gasteiger partial charge in [0.1, 0.15) is 6.04 Å². The van der Waals surface area contributed by atoms with Crippen LogP contribution in [0.15, 0.2) is 18.2 Å². The number of nitrogens with one attached hydrogen (secondary N) is 1. The summed E-state index contributed by atoms with van der Waals surface area (Å²) in [6.07, 6.45) is -3.53. The van der Waals surface area contributed by atoms with Crippen molar-refractivity contribution < 1.29 is 13.2 Å².